The van der Waals surface area contributed by atoms with E-state index in [9.17, 15) is 9.90 Å². The molecule has 1 aromatic heterocycles. The number of carbonyl (C=O) groups is 1. The first kappa shape index (κ1) is 30.1. The fourth-order valence-corrected chi connectivity index (χ4v) is 6.56. The van der Waals surface area contributed by atoms with Crippen LogP contribution in [0.15, 0.2) is 66.7 Å². The van der Waals surface area contributed by atoms with Crippen molar-refractivity contribution in [2.75, 3.05) is 20.1 Å². The van der Waals surface area contributed by atoms with Gasteiger partial charge in [-0.25, -0.2) is 9.97 Å². The molecule has 0 saturated carbocycles. The zero-order valence-corrected chi connectivity index (χ0v) is 25.5. The molecule has 5 rings (SSSR count). The van der Waals surface area contributed by atoms with Gasteiger partial charge in [0.2, 0.25) is 0 Å². The van der Waals surface area contributed by atoms with Gasteiger partial charge >= 0.3 is 0 Å². The van der Waals surface area contributed by atoms with Crippen LogP contribution in [0.1, 0.15) is 72.6 Å². The second-order valence-electron chi connectivity index (χ2n) is 11.6. The van der Waals surface area contributed by atoms with Crippen LogP contribution in [0, 0.1) is 12.8 Å². The number of hydrogen-bond acceptors (Lipinski definition) is 5. The SMILES string of the molecule is [CH2]CC[C@@](O)(c1cccc(Cl)c1-c1nc(C(C)C)c2ccccc2n1)[C@@H]1CCCN(C(=O)c2ccc(CNC)cc2)C1. The molecule has 6 nitrogen and oxygen atoms in total. The van der Waals surface area contributed by atoms with Gasteiger partial charge in [-0.05, 0) is 67.6 Å². The third kappa shape index (κ3) is 5.94. The van der Waals surface area contributed by atoms with E-state index in [1.165, 1.54) is 0 Å². The summed E-state index contributed by atoms with van der Waals surface area (Å²) in [7, 11) is 1.90. The molecule has 1 fully saturated rings. The van der Waals surface area contributed by atoms with Crippen molar-refractivity contribution in [3.8, 4) is 11.4 Å². The first-order chi connectivity index (χ1) is 20.3. The first-order valence-electron chi connectivity index (χ1n) is 14.9. The number of aromatic nitrogens is 2. The highest BCUT2D eigenvalue weighted by molar-refractivity contribution is 6.33. The maximum atomic E-state index is 13.6. The lowest BCUT2D eigenvalue weighted by Crippen LogP contribution is -2.48. The van der Waals surface area contributed by atoms with Crippen molar-refractivity contribution in [2.45, 2.75) is 57.6 Å². The van der Waals surface area contributed by atoms with E-state index in [1.807, 2.05) is 78.7 Å². The summed E-state index contributed by atoms with van der Waals surface area (Å²) < 4.78 is 0. The van der Waals surface area contributed by atoms with Crippen molar-refractivity contribution < 1.29 is 9.90 Å². The monoisotopic (exact) mass is 583 g/mol. The molecule has 7 heteroatoms. The Morgan fingerprint density at radius 3 is 2.60 bits per heavy atom. The summed E-state index contributed by atoms with van der Waals surface area (Å²) >= 11 is 6.91. The molecule has 0 bridgehead atoms. The molecule has 1 amide bonds. The number of likely N-dealkylation sites (tertiary alicyclic amines) is 1. The number of nitrogens with one attached hydrogen (secondary N) is 1. The zero-order valence-electron chi connectivity index (χ0n) is 24.7. The minimum absolute atomic E-state index is 0.0153. The van der Waals surface area contributed by atoms with Gasteiger partial charge in [-0.3, -0.25) is 4.79 Å². The van der Waals surface area contributed by atoms with E-state index in [0.717, 1.165) is 41.5 Å². The zero-order chi connectivity index (χ0) is 29.9. The Kier molecular flexibility index (Phi) is 9.26. The van der Waals surface area contributed by atoms with Crippen LogP contribution in [0.2, 0.25) is 5.02 Å². The number of para-hydroxylation sites is 1. The van der Waals surface area contributed by atoms with Crippen LogP contribution in [-0.4, -0.2) is 46.0 Å². The normalized spacial score (nSPS) is 17.0. The number of amides is 1. The third-order valence-electron chi connectivity index (χ3n) is 8.41. The Balaban J connectivity index is 1.54. The Labute approximate surface area is 254 Å². The van der Waals surface area contributed by atoms with Gasteiger partial charge < -0.3 is 15.3 Å². The highest BCUT2D eigenvalue weighted by atomic mass is 35.5. The predicted molar refractivity (Wildman–Crippen MR) is 170 cm³/mol. The summed E-state index contributed by atoms with van der Waals surface area (Å²) in [6.07, 6.45) is 2.53. The highest BCUT2D eigenvalue weighted by Crippen LogP contribution is 2.45. The van der Waals surface area contributed by atoms with Crippen LogP contribution < -0.4 is 5.32 Å². The van der Waals surface area contributed by atoms with Crippen molar-refractivity contribution >= 4 is 28.4 Å². The van der Waals surface area contributed by atoms with E-state index in [4.69, 9.17) is 21.6 Å². The summed E-state index contributed by atoms with van der Waals surface area (Å²) in [4.78, 5) is 25.4. The van der Waals surface area contributed by atoms with Gasteiger partial charge in [0.05, 0.1) is 21.8 Å². The maximum absolute atomic E-state index is 13.6. The molecule has 2 N–H and O–H groups in total. The average Bonchev–Trinajstić information content (AvgIpc) is 3.00. The summed E-state index contributed by atoms with van der Waals surface area (Å²) in [6.45, 7) is 10.2. The summed E-state index contributed by atoms with van der Waals surface area (Å²) in [5.74, 6) is 0.457. The van der Waals surface area contributed by atoms with Gasteiger partial charge in [-0.2, -0.15) is 0 Å². The van der Waals surface area contributed by atoms with E-state index in [0.29, 0.717) is 53.5 Å². The molecule has 0 aliphatic carbocycles. The number of benzene rings is 3. The number of piperidine rings is 1. The molecule has 0 unspecified atom stereocenters. The van der Waals surface area contributed by atoms with Gasteiger partial charge in [-0.1, -0.05) is 81.3 Å². The van der Waals surface area contributed by atoms with Crippen LogP contribution in [0.5, 0.6) is 0 Å². The second-order valence-corrected chi connectivity index (χ2v) is 12.0. The molecule has 3 aromatic carbocycles. The first-order valence-corrected chi connectivity index (χ1v) is 15.2. The predicted octanol–water partition coefficient (Wildman–Crippen LogP) is 7.15. The smallest absolute Gasteiger partial charge is 0.253 e. The molecule has 2 heterocycles. The number of hydrogen-bond donors (Lipinski definition) is 2. The van der Waals surface area contributed by atoms with E-state index in [1.54, 1.807) is 0 Å². The highest BCUT2D eigenvalue weighted by Gasteiger charge is 2.43. The van der Waals surface area contributed by atoms with Crippen molar-refractivity contribution in [1.29, 1.82) is 0 Å². The molecule has 4 aromatic rings. The van der Waals surface area contributed by atoms with Crippen molar-refractivity contribution in [3.63, 3.8) is 0 Å². The van der Waals surface area contributed by atoms with Crippen LogP contribution in [0.4, 0.5) is 0 Å². The van der Waals surface area contributed by atoms with Crippen molar-refractivity contribution in [3.05, 3.63) is 101 Å². The summed E-state index contributed by atoms with van der Waals surface area (Å²) in [5, 5.41) is 17.3. The van der Waals surface area contributed by atoms with E-state index < -0.39 is 5.60 Å². The van der Waals surface area contributed by atoms with E-state index >= 15 is 0 Å². The molecule has 1 saturated heterocycles. The van der Waals surface area contributed by atoms with E-state index in [-0.39, 0.29) is 17.7 Å². The lowest BCUT2D eigenvalue weighted by molar-refractivity contribution is -0.0546. The van der Waals surface area contributed by atoms with Gasteiger partial charge in [0, 0.05) is 42.1 Å². The van der Waals surface area contributed by atoms with Crippen LogP contribution >= 0.6 is 11.6 Å². The third-order valence-corrected chi connectivity index (χ3v) is 8.72. The number of halogens is 1. The quantitative estimate of drug-likeness (QED) is 0.219. The number of carbonyl (C=O) groups excluding carboxylic acids is 1. The molecular formula is C35H40ClN4O2. The van der Waals surface area contributed by atoms with Gasteiger partial charge in [-0.15, -0.1) is 0 Å². The fraction of sp³-hybridized carbons (Fsp3) is 0.371. The van der Waals surface area contributed by atoms with Crippen LogP contribution in [0.25, 0.3) is 22.3 Å². The van der Waals surface area contributed by atoms with E-state index in [2.05, 4.69) is 26.1 Å². The summed E-state index contributed by atoms with van der Waals surface area (Å²) in [6, 6.07) is 21.4. The Morgan fingerprint density at radius 2 is 1.88 bits per heavy atom. The van der Waals surface area contributed by atoms with Gasteiger partial charge in [0.15, 0.2) is 5.82 Å². The van der Waals surface area contributed by atoms with Crippen LogP contribution in [0.3, 0.4) is 0 Å². The minimum Gasteiger partial charge on any atom is -0.385 e. The van der Waals surface area contributed by atoms with Crippen molar-refractivity contribution in [2.24, 2.45) is 5.92 Å². The molecule has 0 spiro atoms. The molecule has 1 aliphatic heterocycles. The summed E-state index contributed by atoms with van der Waals surface area (Å²) in [5.41, 5.74) is 3.63. The minimum atomic E-state index is -1.27. The Hall–Kier alpha value is -3.32. The standard InChI is InChI=1S/C35H40ClN4O2/c1-5-19-35(42,26-10-9-20-40(22-26)34(41)25-17-15-24(16-18-25)21-37-4)28-12-8-13-29(36)31(28)33-38-30-14-7-6-11-27(30)32(39-33)23(2)3/h6-8,11-18,23,26,37,42H,1,5,9-10,19-22H2,2-4H3/t26-,35+/m1/s1. The number of rotatable bonds is 9. The Morgan fingerprint density at radius 1 is 1.12 bits per heavy atom. The lowest BCUT2D eigenvalue weighted by Gasteiger charge is -2.43. The van der Waals surface area contributed by atoms with Gasteiger partial charge in [0.25, 0.3) is 5.91 Å². The molecule has 1 radical (unpaired) electrons. The fourth-order valence-electron chi connectivity index (χ4n) is 6.30. The van der Waals surface area contributed by atoms with Crippen molar-refractivity contribution in [1.82, 2.24) is 20.2 Å². The average molecular weight is 584 g/mol. The van der Waals surface area contributed by atoms with Gasteiger partial charge in [0.1, 0.15) is 0 Å². The molecular weight excluding hydrogens is 544 g/mol. The lowest BCUT2D eigenvalue weighted by atomic mass is 9.72. The van der Waals surface area contributed by atoms with Crippen LogP contribution in [-0.2, 0) is 12.1 Å². The largest absolute Gasteiger partial charge is 0.385 e. The Bertz CT molecular complexity index is 1550. The molecule has 2 atom stereocenters. The second kappa shape index (κ2) is 12.9. The topological polar surface area (TPSA) is 78.4 Å². The molecule has 1 aliphatic rings. The number of fused-ring (bicyclic) bond motifs is 1. The maximum Gasteiger partial charge on any atom is 0.253 e. The number of aliphatic hydroxyl groups is 1. The molecule has 219 valence electrons. The molecule has 42 heavy (non-hydrogen) atoms. The number of nitrogens with zero attached hydrogens (tertiary/aromatic N) is 3.